The average molecular weight is 512 g/mol. The average Bonchev–Trinajstić information content (AvgIpc) is 3.08. The molecule has 1 heterocycles. The number of hydrogen-bond donors (Lipinski definition) is 1. The molecule has 1 unspecified atom stereocenters. The lowest BCUT2D eigenvalue weighted by atomic mass is 9.83. The van der Waals surface area contributed by atoms with Crippen LogP contribution in [0, 0.1) is 11.7 Å². The van der Waals surface area contributed by atoms with Crippen molar-refractivity contribution in [2.75, 3.05) is 0 Å². The molecule has 1 atom stereocenters. The molecule has 2 aliphatic rings. The summed E-state index contributed by atoms with van der Waals surface area (Å²) in [4.78, 5) is 28.0. The Kier molecular flexibility index (Phi) is 6.43. The van der Waals surface area contributed by atoms with Crippen LogP contribution in [0.25, 0.3) is 0 Å². The van der Waals surface area contributed by atoms with Crippen molar-refractivity contribution in [3.8, 4) is 0 Å². The maximum absolute atomic E-state index is 15.7. The predicted molar refractivity (Wildman–Crippen MR) is 133 cm³/mol. The zero-order valence-corrected chi connectivity index (χ0v) is 20.5. The van der Waals surface area contributed by atoms with Gasteiger partial charge < -0.3 is 5.11 Å². The molecule has 1 amide bonds. The van der Waals surface area contributed by atoms with Crippen molar-refractivity contribution < 1.29 is 19.1 Å². The van der Waals surface area contributed by atoms with E-state index < -0.39 is 17.4 Å². The van der Waals surface area contributed by atoms with E-state index >= 15 is 4.39 Å². The van der Waals surface area contributed by atoms with E-state index in [1.54, 1.807) is 48.5 Å². The van der Waals surface area contributed by atoms with Crippen LogP contribution in [0.1, 0.15) is 69.5 Å². The van der Waals surface area contributed by atoms with Gasteiger partial charge in [-0.1, -0.05) is 66.7 Å². The molecule has 3 aromatic rings. The van der Waals surface area contributed by atoms with E-state index in [9.17, 15) is 14.7 Å². The maximum atomic E-state index is 15.7. The SMILES string of the molecule is O=C(c1cc(F)c2c(c1)C(=O)N(Cc1ccc(Cl)cc1)C2(O)c1ccc(Cl)cc1)C1CCCCC1. The van der Waals surface area contributed by atoms with Gasteiger partial charge in [-0.25, -0.2) is 4.39 Å². The van der Waals surface area contributed by atoms with Gasteiger partial charge in [0.1, 0.15) is 5.82 Å². The Balaban J connectivity index is 1.62. The largest absolute Gasteiger partial charge is 0.363 e. The van der Waals surface area contributed by atoms with Gasteiger partial charge in [0.15, 0.2) is 11.5 Å². The second-order valence-electron chi connectivity index (χ2n) is 9.28. The number of Topliss-reactive ketones (excluding diaryl/α,β-unsaturated/α-hetero) is 1. The molecule has 1 N–H and O–H groups in total. The molecule has 3 aromatic carbocycles. The highest BCUT2D eigenvalue weighted by Crippen LogP contribution is 2.45. The van der Waals surface area contributed by atoms with Crippen LogP contribution in [0.4, 0.5) is 4.39 Å². The highest BCUT2D eigenvalue weighted by molar-refractivity contribution is 6.30. The summed E-state index contributed by atoms with van der Waals surface area (Å²) in [6.07, 6.45) is 4.56. The number of carbonyl (C=O) groups is 2. The van der Waals surface area contributed by atoms with Gasteiger partial charge in [0, 0.05) is 33.6 Å². The van der Waals surface area contributed by atoms with Crippen molar-refractivity contribution in [2.24, 2.45) is 5.92 Å². The van der Waals surface area contributed by atoms with Crippen molar-refractivity contribution in [2.45, 2.75) is 44.4 Å². The number of benzene rings is 3. The Hall–Kier alpha value is -2.73. The van der Waals surface area contributed by atoms with Gasteiger partial charge >= 0.3 is 0 Å². The summed E-state index contributed by atoms with van der Waals surface area (Å²) in [5, 5.41) is 13.0. The molecular formula is C28H24Cl2FNO3. The lowest BCUT2D eigenvalue weighted by Crippen LogP contribution is -2.44. The highest BCUT2D eigenvalue weighted by atomic mass is 35.5. The Labute approximate surface area is 213 Å². The van der Waals surface area contributed by atoms with Crippen molar-refractivity contribution >= 4 is 34.9 Å². The van der Waals surface area contributed by atoms with Crippen LogP contribution >= 0.6 is 23.2 Å². The number of carbonyl (C=O) groups excluding carboxylic acids is 2. The first-order valence-corrected chi connectivity index (χ1v) is 12.5. The van der Waals surface area contributed by atoms with Crippen LogP contribution in [-0.2, 0) is 12.3 Å². The van der Waals surface area contributed by atoms with E-state index in [1.807, 2.05) is 0 Å². The third-order valence-corrected chi connectivity index (χ3v) is 7.57. The molecule has 0 saturated heterocycles. The Morgan fingerprint density at radius 1 is 0.971 bits per heavy atom. The van der Waals surface area contributed by atoms with Crippen LogP contribution in [0.2, 0.25) is 10.0 Å². The number of hydrogen-bond acceptors (Lipinski definition) is 3. The van der Waals surface area contributed by atoms with Crippen LogP contribution in [-0.4, -0.2) is 21.7 Å². The topological polar surface area (TPSA) is 57.6 Å². The molecule has 1 fully saturated rings. The molecular weight excluding hydrogens is 488 g/mol. The zero-order valence-electron chi connectivity index (χ0n) is 18.9. The van der Waals surface area contributed by atoms with Gasteiger partial charge in [-0.2, -0.15) is 0 Å². The fraction of sp³-hybridized carbons (Fsp3) is 0.286. The van der Waals surface area contributed by atoms with Crippen molar-refractivity contribution in [3.05, 3.63) is 104 Å². The zero-order chi connectivity index (χ0) is 24.7. The normalized spacial score (nSPS) is 20.2. The van der Waals surface area contributed by atoms with E-state index in [1.165, 1.54) is 11.0 Å². The number of rotatable bonds is 5. The number of aliphatic hydroxyl groups is 1. The van der Waals surface area contributed by atoms with Crippen LogP contribution < -0.4 is 0 Å². The van der Waals surface area contributed by atoms with Gasteiger partial charge in [0.25, 0.3) is 5.91 Å². The summed E-state index contributed by atoms with van der Waals surface area (Å²) < 4.78 is 15.7. The molecule has 0 bridgehead atoms. The van der Waals surface area contributed by atoms with Crippen molar-refractivity contribution in [1.29, 1.82) is 0 Å². The second kappa shape index (κ2) is 9.38. The lowest BCUT2D eigenvalue weighted by Gasteiger charge is -2.35. The van der Waals surface area contributed by atoms with Crippen molar-refractivity contribution in [1.82, 2.24) is 4.90 Å². The standard InChI is InChI=1S/C28H24Cl2FNO3/c29-21-10-6-17(7-11-21)16-32-27(34)23-14-19(26(33)18-4-2-1-3-5-18)15-24(31)25(23)28(32,35)20-8-12-22(30)13-9-20/h6-15,18,35H,1-5,16H2. The van der Waals surface area contributed by atoms with E-state index in [-0.39, 0.29) is 34.9 Å². The minimum Gasteiger partial charge on any atom is -0.363 e. The quantitative estimate of drug-likeness (QED) is 0.385. The van der Waals surface area contributed by atoms with Crippen LogP contribution in [0.15, 0.2) is 60.7 Å². The summed E-state index contributed by atoms with van der Waals surface area (Å²) >= 11 is 12.1. The van der Waals surface area contributed by atoms with Gasteiger partial charge in [-0.05, 0) is 54.8 Å². The summed E-state index contributed by atoms with van der Waals surface area (Å²) in [7, 11) is 0. The number of fused-ring (bicyclic) bond motifs is 1. The van der Waals surface area contributed by atoms with E-state index in [2.05, 4.69) is 0 Å². The van der Waals surface area contributed by atoms with E-state index in [0.717, 1.165) is 38.2 Å². The van der Waals surface area contributed by atoms with E-state index in [4.69, 9.17) is 23.2 Å². The molecule has 4 nitrogen and oxygen atoms in total. The molecule has 0 aromatic heterocycles. The Bertz CT molecular complexity index is 1290. The molecule has 7 heteroatoms. The summed E-state index contributed by atoms with van der Waals surface area (Å²) in [5.74, 6) is -1.65. The first-order chi connectivity index (χ1) is 16.8. The number of amides is 1. The second-order valence-corrected chi connectivity index (χ2v) is 10.1. The van der Waals surface area contributed by atoms with Gasteiger partial charge in [-0.3, -0.25) is 14.5 Å². The third kappa shape index (κ3) is 4.26. The molecule has 35 heavy (non-hydrogen) atoms. The monoisotopic (exact) mass is 511 g/mol. The molecule has 1 aliphatic carbocycles. The molecule has 1 saturated carbocycles. The van der Waals surface area contributed by atoms with Gasteiger partial charge in [-0.15, -0.1) is 0 Å². The number of ketones is 1. The van der Waals surface area contributed by atoms with Crippen LogP contribution in [0.3, 0.4) is 0 Å². The summed E-state index contributed by atoms with van der Waals surface area (Å²) in [5.41, 5.74) is -1.05. The first-order valence-electron chi connectivity index (χ1n) is 11.7. The Morgan fingerprint density at radius 3 is 2.20 bits per heavy atom. The molecule has 1 aliphatic heterocycles. The molecule has 5 rings (SSSR count). The van der Waals surface area contributed by atoms with E-state index in [0.29, 0.717) is 21.2 Å². The molecule has 0 spiro atoms. The third-order valence-electron chi connectivity index (χ3n) is 7.07. The molecule has 180 valence electrons. The minimum atomic E-state index is -2.08. The van der Waals surface area contributed by atoms with Gasteiger partial charge in [0.05, 0.1) is 11.1 Å². The maximum Gasteiger partial charge on any atom is 0.257 e. The fourth-order valence-corrected chi connectivity index (χ4v) is 5.49. The minimum absolute atomic E-state index is 0.00410. The van der Waals surface area contributed by atoms with Crippen molar-refractivity contribution in [3.63, 3.8) is 0 Å². The van der Waals surface area contributed by atoms with Crippen LogP contribution in [0.5, 0.6) is 0 Å². The number of halogens is 3. The Morgan fingerprint density at radius 2 is 1.57 bits per heavy atom. The van der Waals surface area contributed by atoms with Gasteiger partial charge in [0.2, 0.25) is 0 Å². The summed E-state index contributed by atoms with van der Waals surface area (Å²) in [6.45, 7) is 0.00908. The number of nitrogens with zero attached hydrogens (tertiary/aromatic N) is 1. The highest BCUT2D eigenvalue weighted by Gasteiger charge is 2.52. The fourth-order valence-electron chi connectivity index (χ4n) is 5.24. The predicted octanol–water partition coefficient (Wildman–Crippen LogP) is 6.74. The first kappa shape index (κ1) is 24.0. The summed E-state index contributed by atoms with van der Waals surface area (Å²) in [6, 6.07) is 15.8. The lowest BCUT2D eigenvalue weighted by molar-refractivity contribution is -0.0562. The molecule has 0 radical (unpaired) electrons. The smallest absolute Gasteiger partial charge is 0.257 e.